The SMILES string of the molecule is C=C(C(O)(C(=O)OC)C(F)(F)F)P(=O)(OCC)OCC. The van der Waals surface area contributed by atoms with Crippen molar-refractivity contribution in [1.82, 2.24) is 0 Å². The molecule has 0 saturated heterocycles. The van der Waals surface area contributed by atoms with Crippen LogP contribution in [-0.2, 0) is 23.1 Å². The second-order valence-corrected chi connectivity index (χ2v) is 5.53. The Kier molecular flexibility index (Phi) is 6.41. The molecule has 0 aromatic rings. The Morgan fingerprint density at radius 2 is 1.65 bits per heavy atom. The van der Waals surface area contributed by atoms with E-state index in [0.29, 0.717) is 7.11 Å². The number of halogens is 3. The number of rotatable bonds is 7. The van der Waals surface area contributed by atoms with Gasteiger partial charge in [-0.15, -0.1) is 0 Å². The van der Waals surface area contributed by atoms with Gasteiger partial charge in [-0.3, -0.25) is 4.57 Å². The van der Waals surface area contributed by atoms with Gasteiger partial charge in [-0.25, -0.2) is 4.79 Å². The second kappa shape index (κ2) is 6.71. The van der Waals surface area contributed by atoms with Crippen LogP contribution in [0.5, 0.6) is 0 Å². The van der Waals surface area contributed by atoms with Crippen LogP contribution < -0.4 is 0 Å². The molecule has 0 bridgehead atoms. The summed E-state index contributed by atoms with van der Waals surface area (Å²) in [6, 6.07) is 0. The fourth-order valence-corrected chi connectivity index (χ4v) is 2.96. The highest BCUT2D eigenvalue weighted by molar-refractivity contribution is 7.58. The molecule has 0 aliphatic heterocycles. The quantitative estimate of drug-likeness (QED) is 0.572. The van der Waals surface area contributed by atoms with E-state index < -0.39 is 30.7 Å². The molecule has 118 valence electrons. The lowest BCUT2D eigenvalue weighted by atomic mass is 10.0. The molecule has 0 rings (SSSR count). The average molecular weight is 320 g/mol. The molecule has 20 heavy (non-hydrogen) atoms. The third kappa shape index (κ3) is 3.41. The molecular formula is C10H16F3O6P. The molecule has 10 heteroatoms. The van der Waals surface area contributed by atoms with Crippen molar-refractivity contribution in [3.05, 3.63) is 11.9 Å². The zero-order valence-electron chi connectivity index (χ0n) is 11.2. The summed E-state index contributed by atoms with van der Waals surface area (Å²) in [5.74, 6) is -2.07. The van der Waals surface area contributed by atoms with Gasteiger partial charge in [0.25, 0.3) is 5.60 Å². The minimum Gasteiger partial charge on any atom is -0.466 e. The third-order valence-corrected chi connectivity index (χ3v) is 4.42. The van der Waals surface area contributed by atoms with E-state index in [4.69, 9.17) is 0 Å². The van der Waals surface area contributed by atoms with E-state index in [0.717, 1.165) is 0 Å². The highest BCUT2D eigenvalue weighted by atomic mass is 31.2. The topological polar surface area (TPSA) is 82.1 Å². The minimum atomic E-state index is -5.50. The summed E-state index contributed by atoms with van der Waals surface area (Å²) in [7, 11) is -3.92. The van der Waals surface area contributed by atoms with Crippen LogP contribution in [0.25, 0.3) is 0 Å². The van der Waals surface area contributed by atoms with Gasteiger partial charge in [-0.2, -0.15) is 13.2 Å². The lowest BCUT2D eigenvalue weighted by Gasteiger charge is -2.32. The molecule has 0 fully saturated rings. The maximum absolute atomic E-state index is 13.0. The molecule has 0 aromatic carbocycles. The van der Waals surface area contributed by atoms with Crippen LogP contribution in [0.4, 0.5) is 13.2 Å². The van der Waals surface area contributed by atoms with Crippen molar-refractivity contribution in [2.45, 2.75) is 25.6 Å². The predicted molar refractivity (Wildman–Crippen MR) is 63.0 cm³/mol. The summed E-state index contributed by atoms with van der Waals surface area (Å²) in [6.07, 6.45) is -5.50. The molecule has 0 aromatic heterocycles. The highest BCUT2D eigenvalue weighted by Gasteiger charge is 2.67. The normalized spacial score (nSPS) is 15.6. The lowest BCUT2D eigenvalue weighted by molar-refractivity contribution is -0.246. The lowest BCUT2D eigenvalue weighted by Crippen LogP contribution is -2.54. The zero-order chi connectivity index (χ0) is 16.2. The molecule has 6 nitrogen and oxygen atoms in total. The standard InChI is InChI=1S/C10H16F3O6P/c1-5-18-20(16,19-6-2)7(3)9(15,8(14)17-4)10(11,12)13/h15H,3,5-6H2,1-2,4H3. The maximum atomic E-state index is 13.0. The first-order valence-electron chi connectivity index (χ1n) is 5.47. The number of carbonyl (C=O) groups is 1. The number of carbonyl (C=O) groups excluding carboxylic acids is 1. The molecule has 0 radical (unpaired) electrons. The minimum absolute atomic E-state index is 0.272. The summed E-state index contributed by atoms with van der Waals surface area (Å²) in [6.45, 7) is 5.04. The highest BCUT2D eigenvalue weighted by Crippen LogP contribution is 2.61. The number of alkyl halides is 3. The van der Waals surface area contributed by atoms with Gasteiger partial charge in [0.2, 0.25) is 0 Å². The largest absolute Gasteiger partial charge is 0.466 e. The summed E-state index contributed by atoms with van der Waals surface area (Å²) in [5.41, 5.74) is -4.18. The van der Waals surface area contributed by atoms with E-state index in [-0.39, 0.29) is 13.2 Å². The van der Waals surface area contributed by atoms with Crippen LogP contribution in [0.3, 0.4) is 0 Å². The van der Waals surface area contributed by atoms with Crippen LogP contribution in [0, 0.1) is 0 Å². The number of esters is 1. The Balaban J connectivity index is 5.89. The number of aliphatic hydroxyl groups is 1. The first-order valence-corrected chi connectivity index (χ1v) is 7.02. The van der Waals surface area contributed by atoms with Gasteiger partial charge in [0.1, 0.15) is 0 Å². The van der Waals surface area contributed by atoms with Gasteiger partial charge in [-0.1, -0.05) is 6.58 Å². The van der Waals surface area contributed by atoms with Crippen molar-refractivity contribution < 1.29 is 41.4 Å². The van der Waals surface area contributed by atoms with E-state index in [1.807, 2.05) is 0 Å². The van der Waals surface area contributed by atoms with Crippen molar-refractivity contribution >= 4 is 13.6 Å². The molecule has 0 aliphatic carbocycles. The number of methoxy groups -OCH3 is 1. The Labute approximate surface area is 114 Å². The third-order valence-electron chi connectivity index (χ3n) is 2.24. The van der Waals surface area contributed by atoms with Gasteiger partial charge >= 0.3 is 19.7 Å². The van der Waals surface area contributed by atoms with Crippen LogP contribution in [0.15, 0.2) is 11.9 Å². The molecule has 0 spiro atoms. The maximum Gasteiger partial charge on any atom is 0.432 e. The summed E-state index contributed by atoms with van der Waals surface area (Å²) in [5, 5.41) is 8.21. The fourth-order valence-electron chi connectivity index (χ4n) is 1.28. The molecule has 0 aliphatic rings. The van der Waals surface area contributed by atoms with E-state index in [1.165, 1.54) is 13.8 Å². The van der Waals surface area contributed by atoms with Crippen molar-refractivity contribution in [3.63, 3.8) is 0 Å². The summed E-state index contributed by atoms with van der Waals surface area (Å²) in [4.78, 5) is 11.3. The first-order chi connectivity index (χ1) is 9.01. The van der Waals surface area contributed by atoms with Crippen molar-refractivity contribution in [3.8, 4) is 0 Å². The molecule has 1 N–H and O–H groups in total. The van der Waals surface area contributed by atoms with Crippen LogP contribution in [0.2, 0.25) is 0 Å². The number of ether oxygens (including phenoxy) is 1. The van der Waals surface area contributed by atoms with Crippen LogP contribution >= 0.6 is 7.60 Å². The van der Waals surface area contributed by atoms with Gasteiger partial charge in [-0.05, 0) is 13.8 Å². The first kappa shape index (κ1) is 19.1. The van der Waals surface area contributed by atoms with Gasteiger partial charge in [0, 0.05) is 0 Å². The monoisotopic (exact) mass is 320 g/mol. The molecule has 0 amide bonds. The van der Waals surface area contributed by atoms with E-state index in [9.17, 15) is 27.6 Å². The average Bonchev–Trinajstić information content (AvgIpc) is 2.35. The Morgan fingerprint density at radius 1 is 1.25 bits per heavy atom. The summed E-state index contributed by atoms with van der Waals surface area (Å²) >= 11 is 0. The number of hydrogen-bond acceptors (Lipinski definition) is 6. The molecule has 0 saturated carbocycles. The fraction of sp³-hybridized carbons (Fsp3) is 0.700. The van der Waals surface area contributed by atoms with E-state index in [1.54, 1.807) is 0 Å². The predicted octanol–water partition coefficient (Wildman–Crippen LogP) is 2.23. The van der Waals surface area contributed by atoms with E-state index in [2.05, 4.69) is 20.4 Å². The smallest absolute Gasteiger partial charge is 0.432 e. The summed E-state index contributed by atoms with van der Waals surface area (Å²) < 4.78 is 64.3. The van der Waals surface area contributed by atoms with Gasteiger partial charge in [0.05, 0.1) is 25.6 Å². The van der Waals surface area contributed by atoms with Gasteiger partial charge < -0.3 is 18.9 Å². The molecular weight excluding hydrogens is 304 g/mol. The van der Waals surface area contributed by atoms with Crippen LogP contribution in [0.1, 0.15) is 13.8 Å². The molecule has 0 heterocycles. The number of hydrogen-bond donors (Lipinski definition) is 1. The van der Waals surface area contributed by atoms with Crippen molar-refractivity contribution in [2.75, 3.05) is 20.3 Å². The Hall–Kier alpha value is -0.890. The van der Waals surface area contributed by atoms with Crippen molar-refractivity contribution in [1.29, 1.82) is 0 Å². The molecule has 1 atom stereocenters. The van der Waals surface area contributed by atoms with Gasteiger partial charge in [0.15, 0.2) is 0 Å². The zero-order valence-corrected chi connectivity index (χ0v) is 12.1. The van der Waals surface area contributed by atoms with Crippen LogP contribution in [-0.4, -0.2) is 43.2 Å². The Bertz CT molecular complexity index is 412. The molecule has 1 unspecified atom stereocenters. The Morgan fingerprint density at radius 3 is 1.90 bits per heavy atom. The van der Waals surface area contributed by atoms with Crippen molar-refractivity contribution in [2.24, 2.45) is 0 Å². The second-order valence-electron chi connectivity index (χ2n) is 3.48. The van der Waals surface area contributed by atoms with E-state index >= 15 is 0 Å².